The lowest BCUT2D eigenvalue weighted by Gasteiger charge is -2.17. The van der Waals surface area contributed by atoms with Gasteiger partial charge in [-0.1, -0.05) is 42.5 Å². The standard InChI is InChI=1S/C19H24N2O3/c1-14-7-3-6-10-18(14)24-15(2)11-20-19(23)21-12-16-8-4-5-9-17(16)13-22/h3-10,15,22H,11-13H2,1-2H3,(H2,20,21,23). The zero-order valence-electron chi connectivity index (χ0n) is 14.1. The Bertz CT molecular complexity index is 673. The van der Waals surface area contributed by atoms with Gasteiger partial charge in [0.15, 0.2) is 0 Å². The topological polar surface area (TPSA) is 70.6 Å². The molecular weight excluding hydrogens is 304 g/mol. The van der Waals surface area contributed by atoms with E-state index in [0.29, 0.717) is 13.1 Å². The number of nitrogens with one attached hydrogen (secondary N) is 2. The summed E-state index contributed by atoms with van der Waals surface area (Å²) >= 11 is 0. The average molecular weight is 328 g/mol. The predicted octanol–water partition coefficient (Wildman–Crippen LogP) is 2.75. The predicted molar refractivity (Wildman–Crippen MR) is 93.9 cm³/mol. The number of aliphatic hydroxyl groups is 1. The van der Waals surface area contributed by atoms with Crippen molar-refractivity contribution >= 4 is 6.03 Å². The van der Waals surface area contributed by atoms with E-state index in [1.54, 1.807) is 0 Å². The molecule has 0 bridgehead atoms. The highest BCUT2D eigenvalue weighted by Gasteiger charge is 2.09. The van der Waals surface area contributed by atoms with Gasteiger partial charge < -0.3 is 20.5 Å². The van der Waals surface area contributed by atoms with Crippen molar-refractivity contribution in [2.45, 2.75) is 33.1 Å². The van der Waals surface area contributed by atoms with Crippen LogP contribution in [0.25, 0.3) is 0 Å². The summed E-state index contributed by atoms with van der Waals surface area (Å²) < 4.78 is 5.82. The highest BCUT2D eigenvalue weighted by molar-refractivity contribution is 5.73. The number of carbonyl (C=O) groups is 1. The molecule has 2 rings (SSSR count). The number of hydrogen-bond donors (Lipinski definition) is 3. The molecule has 2 aromatic carbocycles. The van der Waals surface area contributed by atoms with Crippen LogP contribution in [0.2, 0.25) is 0 Å². The van der Waals surface area contributed by atoms with Crippen LogP contribution in [0.1, 0.15) is 23.6 Å². The van der Waals surface area contributed by atoms with Crippen LogP contribution in [0.3, 0.4) is 0 Å². The first-order valence-electron chi connectivity index (χ1n) is 8.01. The lowest BCUT2D eigenvalue weighted by molar-refractivity contribution is 0.206. The van der Waals surface area contributed by atoms with E-state index in [-0.39, 0.29) is 18.7 Å². The van der Waals surface area contributed by atoms with Crippen LogP contribution in [-0.2, 0) is 13.2 Å². The summed E-state index contributed by atoms with van der Waals surface area (Å²) in [5, 5.41) is 14.9. The van der Waals surface area contributed by atoms with Crippen molar-refractivity contribution in [1.82, 2.24) is 10.6 Å². The van der Waals surface area contributed by atoms with E-state index in [9.17, 15) is 9.90 Å². The van der Waals surface area contributed by atoms with E-state index in [0.717, 1.165) is 22.4 Å². The number of benzene rings is 2. The average Bonchev–Trinajstić information content (AvgIpc) is 2.60. The van der Waals surface area contributed by atoms with Crippen LogP contribution in [-0.4, -0.2) is 23.8 Å². The molecule has 1 atom stereocenters. The molecule has 2 aromatic rings. The SMILES string of the molecule is Cc1ccccc1OC(C)CNC(=O)NCc1ccccc1CO. The zero-order chi connectivity index (χ0) is 17.4. The smallest absolute Gasteiger partial charge is 0.315 e. The molecule has 0 radical (unpaired) electrons. The Morgan fingerprint density at radius 2 is 1.75 bits per heavy atom. The molecule has 0 aromatic heterocycles. The van der Waals surface area contributed by atoms with Crippen molar-refractivity contribution in [2.24, 2.45) is 0 Å². The number of rotatable bonds is 7. The normalized spacial score (nSPS) is 11.6. The van der Waals surface area contributed by atoms with Gasteiger partial charge in [0.05, 0.1) is 13.2 Å². The van der Waals surface area contributed by atoms with Crippen molar-refractivity contribution in [3.8, 4) is 5.75 Å². The van der Waals surface area contributed by atoms with Crippen molar-refractivity contribution in [3.05, 3.63) is 65.2 Å². The van der Waals surface area contributed by atoms with Crippen molar-refractivity contribution < 1.29 is 14.6 Å². The van der Waals surface area contributed by atoms with Crippen LogP contribution in [0.4, 0.5) is 4.79 Å². The summed E-state index contributed by atoms with van der Waals surface area (Å²) in [6.45, 7) is 4.63. The largest absolute Gasteiger partial charge is 0.489 e. The maximum atomic E-state index is 11.9. The first-order chi connectivity index (χ1) is 11.6. The third-order valence-corrected chi connectivity index (χ3v) is 3.70. The fraction of sp³-hybridized carbons (Fsp3) is 0.316. The van der Waals surface area contributed by atoms with Crippen molar-refractivity contribution in [3.63, 3.8) is 0 Å². The quantitative estimate of drug-likeness (QED) is 0.732. The monoisotopic (exact) mass is 328 g/mol. The van der Waals surface area contributed by atoms with Crippen LogP contribution in [0, 0.1) is 6.92 Å². The summed E-state index contributed by atoms with van der Waals surface area (Å²) in [5.41, 5.74) is 2.78. The number of para-hydroxylation sites is 1. The number of ether oxygens (including phenoxy) is 1. The number of urea groups is 1. The van der Waals surface area contributed by atoms with Gasteiger partial charge in [-0.3, -0.25) is 0 Å². The summed E-state index contributed by atoms with van der Waals surface area (Å²) in [6, 6.07) is 15.0. The second-order valence-corrected chi connectivity index (χ2v) is 5.68. The van der Waals surface area contributed by atoms with Crippen LogP contribution in [0.5, 0.6) is 5.75 Å². The van der Waals surface area contributed by atoms with Gasteiger partial charge in [-0.2, -0.15) is 0 Å². The zero-order valence-corrected chi connectivity index (χ0v) is 14.1. The molecule has 5 nitrogen and oxygen atoms in total. The van der Waals surface area contributed by atoms with E-state index in [1.165, 1.54) is 0 Å². The van der Waals surface area contributed by atoms with Gasteiger partial charge in [-0.25, -0.2) is 4.79 Å². The van der Waals surface area contributed by atoms with Gasteiger partial charge in [0.25, 0.3) is 0 Å². The Morgan fingerprint density at radius 1 is 1.08 bits per heavy atom. The molecule has 24 heavy (non-hydrogen) atoms. The second-order valence-electron chi connectivity index (χ2n) is 5.68. The van der Waals surface area contributed by atoms with Gasteiger partial charge >= 0.3 is 6.03 Å². The molecule has 1 unspecified atom stereocenters. The minimum atomic E-state index is -0.261. The van der Waals surface area contributed by atoms with Crippen LogP contribution >= 0.6 is 0 Å². The fourth-order valence-electron chi connectivity index (χ4n) is 2.31. The van der Waals surface area contributed by atoms with Gasteiger partial charge in [0.2, 0.25) is 0 Å². The molecule has 0 heterocycles. The molecule has 0 saturated heterocycles. The van der Waals surface area contributed by atoms with Gasteiger partial charge in [0.1, 0.15) is 11.9 Å². The Kier molecular flexibility index (Phi) is 6.63. The molecular formula is C19H24N2O3. The molecule has 0 aliphatic heterocycles. The third kappa shape index (κ3) is 5.28. The molecule has 3 N–H and O–H groups in total. The van der Waals surface area contributed by atoms with Crippen molar-refractivity contribution in [1.29, 1.82) is 0 Å². The lowest BCUT2D eigenvalue weighted by Crippen LogP contribution is -2.40. The van der Waals surface area contributed by atoms with E-state index in [2.05, 4.69) is 10.6 Å². The molecule has 5 heteroatoms. The molecule has 2 amide bonds. The molecule has 0 aliphatic carbocycles. The van der Waals surface area contributed by atoms with Gasteiger partial charge in [0, 0.05) is 6.54 Å². The minimum absolute atomic E-state index is 0.0409. The number of aryl methyl sites for hydroxylation is 1. The van der Waals surface area contributed by atoms with Gasteiger partial charge in [-0.15, -0.1) is 0 Å². The Morgan fingerprint density at radius 3 is 2.46 bits per heavy atom. The summed E-state index contributed by atoms with van der Waals surface area (Å²) in [4.78, 5) is 11.9. The van der Waals surface area contributed by atoms with Crippen LogP contribution < -0.4 is 15.4 Å². The van der Waals surface area contributed by atoms with E-state index in [4.69, 9.17) is 4.74 Å². The Labute approximate surface area is 142 Å². The third-order valence-electron chi connectivity index (χ3n) is 3.70. The Hall–Kier alpha value is -2.53. The van der Waals surface area contributed by atoms with E-state index in [1.807, 2.05) is 62.4 Å². The number of hydrogen-bond acceptors (Lipinski definition) is 3. The fourth-order valence-corrected chi connectivity index (χ4v) is 2.31. The number of carbonyl (C=O) groups excluding carboxylic acids is 1. The molecule has 0 spiro atoms. The van der Waals surface area contributed by atoms with Gasteiger partial charge in [-0.05, 0) is 36.6 Å². The lowest BCUT2D eigenvalue weighted by atomic mass is 10.1. The number of amides is 2. The maximum Gasteiger partial charge on any atom is 0.315 e. The maximum absolute atomic E-state index is 11.9. The minimum Gasteiger partial charge on any atom is -0.489 e. The molecule has 0 fully saturated rings. The Balaban J connectivity index is 1.75. The molecule has 0 saturated carbocycles. The first-order valence-corrected chi connectivity index (χ1v) is 8.01. The highest BCUT2D eigenvalue weighted by atomic mass is 16.5. The summed E-state index contributed by atoms with van der Waals surface area (Å²) in [7, 11) is 0. The first kappa shape index (κ1) is 17.8. The highest BCUT2D eigenvalue weighted by Crippen LogP contribution is 2.17. The molecule has 0 aliphatic rings. The summed E-state index contributed by atoms with van der Waals surface area (Å²) in [5.74, 6) is 0.823. The van der Waals surface area contributed by atoms with Crippen molar-refractivity contribution in [2.75, 3.05) is 6.54 Å². The van der Waals surface area contributed by atoms with E-state index < -0.39 is 0 Å². The van der Waals surface area contributed by atoms with Crippen LogP contribution in [0.15, 0.2) is 48.5 Å². The molecule has 128 valence electrons. The summed E-state index contributed by atoms with van der Waals surface area (Å²) in [6.07, 6.45) is -0.137. The van der Waals surface area contributed by atoms with E-state index >= 15 is 0 Å². The second kappa shape index (κ2) is 8.93. The number of aliphatic hydroxyl groups excluding tert-OH is 1.